The first-order chi connectivity index (χ1) is 10.0. The fraction of sp³-hybridized carbons (Fsp3) is 0.267. The van der Waals surface area contributed by atoms with E-state index in [1.807, 2.05) is 25.4 Å². The van der Waals surface area contributed by atoms with Gasteiger partial charge in [0.1, 0.15) is 11.8 Å². The Bertz CT molecular complexity index is 713. The number of rotatable bonds is 5. The highest BCUT2D eigenvalue weighted by Gasteiger charge is 2.12. The first-order valence-electron chi connectivity index (χ1n) is 6.52. The topological polar surface area (TPSA) is 83.9 Å². The van der Waals surface area contributed by atoms with Crippen molar-refractivity contribution < 1.29 is 4.92 Å². The van der Waals surface area contributed by atoms with E-state index >= 15 is 0 Å². The van der Waals surface area contributed by atoms with E-state index in [-0.39, 0.29) is 10.6 Å². The number of aryl methyl sites for hydroxylation is 1. The molecule has 108 valence electrons. The number of benzene rings is 1. The molecule has 0 unspecified atom stereocenters. The van der Waals surface area contributed by atoms with Crippen molar-refractivity contribution in [2.45, 2.75) is 20.0 Å². The van der Waals surface area contributed by atoms with Crippen LogP contribution in [0.5, 0.6) is 0 Å². The molecule has 1 aromatic heterocycles. The largest absolute Gasteiger partial charge is 0.342 e. The molecule has 0 saturated heterocycles. The zero-order chi connectivity index (χ0) is 15.4. The summed E-state index contributed by atoms with van der Waals surface area (Å²) in [6.45, 7) is 2.91. The number of nitrogens with one attached hydrogen (secondary N) is 1. The third-order valence-corrected chi connectivity index (χ3v) is 3.43. The van der Waals surface area contributed by atoms with Crippen LogP contribution in [0.1, 0.15) is 22.4 Å². The first kappa shape index (κ1) is 14.8. The van der Waals surface area contributed by atoms with Crippen LogP contribution in [0.2, 0.25) is 0 Å². The Labute approximate surface area is 122 Å². The second-order valence-corrected chi connectivity index (χ2v) is 4.88. The molecule has 0 amide bonds. The van der Waals surface area contributed by atoms with Crippen molar-refractivity contribution in [2.24, 2.45) is 7.05 Å². The average Bonchev–Trinajstić information content (AvgIpc) is 2.80. The molecule has 21 heavy (non-hydrogen) atoms. The highest BCUT2D eigenvalue weighted by Crippen LogP contribution is 2.20. The fourth-order valence-electron chi connectivity index (χ4n) is 2.24. The highest BCUT2D eigenvalue weighted by molar-refractivity contribution is 5.44. The molecule has 0 aliphatic heterocycles. The van der Waals surface area contributed by atoms with Gasteiger partial charge in [-0.15, -0.1) is 0 Å². The van der Waals surface area contributed by atoms with Gasteiger partial charge in [-0.25, -0.2) is 0 Å². The summed E-state index contributed by atoms with van der Waals surface area (Å²) < 4.78 is 1.77. The van der Waals surface area contributed by atoms with E-state index in [2.05, 4.69) is 11.4 Å². The van der Waals surface area contributed by atoms with E-state index in [1.54, 1.807) is 17.6 Å². The SMILES string of the molecule is Cc1c(CNCc2cc(C#N)n(C)c2)cccc1[N+](=O)[O-]. The molecule has 0 saturated carbocycles. The third kappa shape index (κ3) is 3.27. The quantitative estimate of drug-likeness (QED) is 0.675. The van der Waals surface area contributed by atoms with E-state index < -0.39 is 0 Å². The lowest BCUT2D eigenvalue weighted by atomic mass is 10.1. The standard InChI is InChI=1S/C15H16N4O2/c1-11-13(4-3-5-15(11)19(20)21)9-17-8-12-6-14(7-16)18(2)10-12/h3-6,10,17H,8-9H2,1-2H3. The van der Waals surface area contributed by atoms with Gasteiger partial charge in [-0.1, -0.05) is 12.1 Å². The number of hydrogen-bond acceptors (Lipinski definition) is 4. The number of nitro groups is 1. The average molecular weight is 284 g/mol. The number of nitriles is 1. The molecule has 0 atom stereocenters. The summed E-state index contributed by atoms with van der Waals surface area (Å²) in [5.41, 5.74) is 3.35. The maximum Gasteiger partial charge on any atom is 0.272 e. The van der Waals surface area contributed by atoms with Crippen LogP contribution in [0.3, 0.4) is 0 Å². The van der Waals surface area contributed by atoms with Crippen molar-refractivity contribution >= 4 is 5.69 Å². The van der Waals surface area contributed by atoms with E-state index in [0.717, 1.165) is 11.1 Å². The van der Waals surface area contributed by atoms with E-state index in [1.165, 1.54) is 6.07 Å². The molecule has 0 spiro atoms. The second kappa shape index (κ2) is 6.20. The summed E-state index contributed by atoms with van der Waals surface area (Å²) in [6, 6.07) is 9.02. The van der Waals surface area contributed by atoms with Crippen LogP contribution in [0.25, 0.3) is 0 Å². The Kier molecular flexibility index (Phi) is 4.36. The molecule has 1 heterocycles. The second-order valence-electron chi connectivity index (χ2n) is 4.88. The van der Waals surface area contributed by atoms with Crippen molar-refractivity contribution in [3.63, 3.8) is 0 Å². The predicted molar refractivity (Wildman–Crippen MR) is 78.5 cm³/mol. The van der Waals surface area contributed by atoms with Crippen molar-refractivity contribution in [3.05, 3.63) is 63.0 Å². The lowest BCUT2D eigenvalue weighted by Crippen LogP contribution is -2.13. The van der Waals surface area contributed by atoms with Crippen LogP contribution in [0.4, 0.5) is 5.69 Å². The van der Waals surface area contributed by atoms with Crippen LogP contribution in [0.15, 0.2) is 30.5 Å². The monoisotopic (exact) mass is 284 g/mol. The van der Waals surface area contributed by atoms with Crippen LogP contribution in [-0.4, -0.2) is 9.49 Å². The Balaban J connectivity index is 2.02. The van der Waals surface area contributed by atoms with Crippen molar-refractivity contribution in [2.75, 3.05) is 0 Å². The Morgan fingerprint density at radius 1 is 1.43 bits per heavy atom. The van der Waals surface area contributed by atoms with Crippen molar-refractivity contribution in [1.82, 2.24) is 9.88 Å². The lowest BCUT2D eigenvalue weighted by Gasteiger charge is -2.07. The molecule has 0 aliphatic carbocycles. The summed E-state index contributed by atoms with van der Waals surface area (Å²) in [5, 5.41) is 23.0. The highest BCUT2D eigenvalue weighted by atomic mass is 16.6. The minimum Gasteiger partial charge on any atom is -0.342 e. The van der Waals surface area contributed by atoms with Crippen molar-refractivity contribution in [3.8, 4) is 6.07 Å². The van der Waals surface area contributed by atoms with Gasteiger partial charge >= 0.3 is 0 Å². The number of nitrogens with zero attached hydrogens (tertiary/aromatic N) is 3. The van der Waals surface area contributed by atoms with Crippen LogP contribution in [0, 0.1) is 28.4 Å². The maximum atomic E-state index is 10.9. The van der Waals surface area contributed by atoms with Crippen molar-refractivity contribution in [1.29, 1.82) is 5.26 Å². The van der Waals surface area contributed by atoms with Crippen LogP contribution < -0.4 is 5.32 Å². The van der Waals surface area contributed by atoms with Gasteiger partial charge in [-0.2, -0.15) is 5.26 Å². The summed E-state index contributed by atoms with van der Waals surface area (Å²) in [4.78, 5) is 10.5. The molecule has 0 aliphatic rings. The lowest BCUT2D eigenvalue weighted by molar-refractivity contribution is -0.385. The smallest absolute Gasteiger partial charge is 0.272 e. The van der Waals surface area contributed by atoms with Gasteiger partial charge in [-0.3, -0.25) is 10.1 Å². The van der Waals surface area contributed by atoms with Gasteiger partial charge in [-0.05, 0) is 24.1 Å². The maximum absolute atomic E-state index is 10.9. The van der Waals surface area contributed by atoms with Crippen LogP contribution in [-0.2, 0) is 20.1 Å². The molecule has 6 nitrogen and oxygen atoms in total. The zero-order valence-corrected chi connectivity index (χ0v) is 12.0. The van der Waals surface area contributed by atoms with Gasteiger partial charge in [0, 0.05) is 38.0 Å². The van der Waals surface area contributed by atoms with E-state index in [4.69, 9.17) is 5.26 Å². The molecule has 0 radical (unpaired) electrons. The molecule has 1 aromatic carbocycles. The molecule has 2 rings (SSSR count). The third-order valence-electron chi connectivity index (χ3n) is 3.43. The van der Waals surface area contributed by atoms with Gasteiger partial charge in [0.25, 0.3) is 5.69 Å². The number of hydrogen-bond donors (Lipinski definition) is 1. The van der Waals surface area contributed by atoms with Gasteiger partial charge in [0.15, 0.2) is 0 Å². The molecule has 6 heteroatoms. The van der Waals surface area contributed by atoms with E-state index in [0.29, 0.717) is 24.3 Å². The summed E-state index contributed by atoms with van der Waals surface area (Å²) in [5.74, 6) is 0. The van der Waals surface area contributed by atoms with Gasteiger partial charge < -0.3 is 9.88 Å². The van der Waals surface area contributed by atoms with Crippen LogP contribution >= 0.6 is 0 Å². The molecular weight excluding hydrogens is 268 g/mol. The number of nitro benzene ring substituents is 1. The molecular formula is C15H16N4O2. The molecule has 0 bridgehead atoms. The number of aromatic nitrogens is 1. The normalized spacial score (nSPS) is 10.3. The molecule has 2 aromatic rings. The summed E-state index contributed by atoms with van der Waals surface area (Å²) in [6.07, 6.45) is 1.89. The predicted octanol–water partition coefficient (Wildman–Crippen LogP) is 2.40. The molecule has 1 N–H and O–H groups in total. The van der Waals surface area contributed by atoms with E-state index in [9.17, 15) is 10.1 Å². The summed E-state index contributed by atoms with van der Waals surface area (Å²) >= 11 is 0. The van der Waals surface area contributed by atoms with Gasteiger partial charge in [0.05, 0.1) is 4.92 Å². The Hall–Kier alpha value is -2.65. The summed E-state index contributed by atoms with van der Waals surface area (Å²) in [7, 11) is 1.83. The molecule has 0 fully saturated rings. The first-order valence-corrected chi connectivity index (χ1v) is 6.52. The minimum absolute atomic E-state index is 0.140. The Morgan fingerprint density at radius 2 is 2.19 bits per heavy atom. The minimum atomic E-state index is -0.366. The Morgan fingerprint density at radius 3 is 2.81 bits per heavy atom. The van der Waals surface area contributed by atoms with Gasteiger partial charge in [0.2, 0.25) is 0 Å². The fourth-order valence-corrected chi connectivity index (χ4v) is 2.24. The zero-order valence-electron chi connectivity index (χ0n) is 12.0.